The van der Waals surface area contributed by atoms with Crippen LogP contribution in [0.3, 0.4) is 0 Å². The normalized spacial score (nSPS) is 12.0. The van der Waals surface area contributed by atoms with Gasteiger partial charge in [-0.2, -0.15) is 0 Å². The average molecular weight is 308 g/mol. The van der Waals surface area contributed by atoms with Crippen molar-refractivity contribution in [1.29, 1.82) is 0 Å². The van der Waals surface area contributed by atoms with Crippen LogP contribution in [-0.4, -0.2) is 23.2 Å². The van der Waals surface area contributed by atoms with Gasteiger partial charge in [0.15, 0.2) is 0 Å². The van der Waals surface area contributed by atoms with Crippen molar-refractivity contribution in [3.05, 3.63) is 41.2 Å². The number of primary sulfonamides is 1. The molecule has 0 unspecified atom stereocenters. The molecule has 7 heteroatoms. The topological polar surface area (TPSA) is 90.9 Å². The predicted octanol–water partition coefficient (Wildman–Crippen LogP) is 1.60. The Morgan fingerprint density at radius 2 is 1.76 bits per heavy atom. The predicted molar refractivity (Wildman–Crippen MR) is 80.4 cm³/mol. The lowest BCUT2D eigenvalue weighted by molar-refractivity contribution is 0.503. The Balaban J connectivity index is 2.24. The standard InChI is InChI=1S/C14H20N4O2S/c1-10(2)18-13(16-17-14(18)21(15,19)20)9-8-12-6-4-11(3)5-7-12/h4-7,10H,8-9H2,1-3H3,(H2,15,19,20). The SMILES string of the molecule is Cc1ccc(CCc2nnc(S(N)(=O)=O)n2C(C)C)cc1. The van der Waals surface area contributed by atoms with E-state index in [1.807, 2.05) is 20.8 Å². The Hall–Kier alpha value is -1.73. The first-order valence-electron chi connectivity index (χ1n) is 6.81. The number of nitrogens with zero attached hydrogens (tertiary/aromatic N) is 3. The fourth-order valence-corrected chi connectivity index (χ4v) is 2.95. The van der Waals surface area contributed by atoms with Crippen LogP contribution >= 0.6 is 0 Å². The van der Waals surface area contributed by atoms with Gasteiger partial charge in [-0.15, -0.1) is 10.2 Å². The highest BCUT2D eigenvalue weighted by Crippen LogP contribution is 2.16. The number of hydrogen-bond acceptors (Lipinski definition) is 4. The van der Waals surface area contributed by atoms with E-state index in [1.165, 1.54) is 11.1 Å². The van der Waals surface area contributed by atoms with E-state index in [2.05, 4.69) is 34.5 Å². The molecule has 21 heavy (non-hydrogen) atoms. The minimum Gasteiger partial charge on any atom is -0.298 e. The second kappa shape index (κ2) is 5.95. The van der Waals surface area contributed by atoms with Gasteiger partial charge in [0.2, 0.25) is 0 Å². The molecule has 0 aliphatic heterocycles. The van der Waals surface area contributed by atoms with E-state index in [1.54, 1.807) is 4.57 Å². The molecular weight excluding hydrogens is 288 g/mol. The Morgan fingerprint density at radius 3 is 2.29 bits per heavy atom. The van der Waals surface area contributed by atoms with E-state index >= 15 is 0 Å². The average Bonchev–Trinajstić information content (AvgIpc) is 2.82. The molecule has 0 saturated carbocycles. The van der Waals surface area contributed by atoms with Crippen LogP contribution in [-0.2, 0) is 22.9 Å². The van der Waals surface area contributed by atoms with Crippen molar-refractivity contribution in [1.82, 2.24) is 14.8 Å². The van der Waals surface area contributed by atoms with Crippen LogP contribution in [0, 0.1) is 6.92 Å². The molecule has 0 radical (unpaired) electrons. The summed E-state index contributed by atoms with van der Waals surface area (Å²) in [6, 6.07) is 8.16. The molecule has 2 N–H and O–H groups in total. The van der Waals surface area contributed by atoms with Gasteiger partial charge in [-0.1, -0.05) is 29.8 Å². The first kappa shape index (κ1) is 15.7. The summed E-state index contributed by atoms with van der Waals surface area (Å²) in [6.07, 6.45) is 1.39. The second-order valence-electron chi connectivity index (χ2n) is 5.39. The summed E-state index contributed by atoms with van der Waals surface area (Å²) >= 11 is 0. The minimum atomic E-state index is -3.86. The lowest BCUT2D eigenvalue weighted by atomic mass is 10.1. The Bertz CT molecular complexity index is 718. The first-order valence-corrected chi connectivity index (χ1v) is 8.36. The first-order chi connectivity index (χ1) is 9.79. The monoisotopic (exact) mass is 308 g/mol. The molecule has 0 amide bonds. The zero-order valence-corrected chi connectivity index (χ0v) is 13.3. The number of rotatable bonds is 5. The van der Waals surface area contributed by atoms with Crippen molar-refractivity contribution in [3.8, 4) is 0 Å². The van der Waals surface area contributed by atoms with E-state index < -0.39 is 10.0 Å². The number of benzene rings is 1. The molecule has 0 bridgehead atoms. The van der Waals surface area contributed by atoms with Crippen LogP contribution < -0.4 is 5.14 Å². The van der Waals surface area contributed by atoms with E-state index in [0.717, 1.165) is 6.42 Å². The quantitative estimate of drug-likeness (QED) is 0.908. The Kier molecular flexibility index (Phi) is 4.43. The fourth-order valence-electron chi connectivity index (χ4n) is 2.20. The maximum absolute atomic E-state index is 11.5. The van der Waals surface area contributed by atoms with Crippen molar-refractivity contribution in [2.45, 2.75) is 44.8 Å². The summed E-state index contributed by atoms with van der Waals surface area (Å²) in [5.74, 6) is 0.634. The Labute approximate surface area is 125 Å². The van der Waals surface area contributed by atoms with Gasteiger partial charge < -0.3 is 0 Å². The van der Waals surface area contributed by atoms with Crippen LogP contribution in [0.15, 0.2) is 29.4 Å². The fraction of sp³-hybridized carbons (Fsp3) is 0.429. The third-order valence-electron chi connectivity index (χ3n) is 3.26. The molecule has 1 aromatic carbocycles. The van der Waals surface area contributed by atoms with E-state index in [9.17, 15) is 8.42 Å². The van der Waals surface area contributed by atoms with E-state index in [0.29, 0.717) is 12.2 Å². The van der Waals surface area contributed by atoms with Crippen LogP contribution in [0.5, 0.6) is 0 Å². The molecule has 0 spiro atoms. The smallest absolute Gasteiger partial charge is 0.273 e. The summed E-state index contributed by atoms with van der Waals surface area (Å²) in [6.45, 7) is 5.80. The van der Waals surface area contributed by atoms with E-state index in [-0.39, 0.29) is 11.2 Å². The number of aromatic nitrogens is 3. The maximum Gasteiger partial charge on any atom is 0.273 e. The van der Waals surface area contributed by atoms with Gasteiger partial charge in [0, 0.05) is 12.5 Å². The molecule has 2 aromatic rings. The molecule has 1 aromatic heterocycles. The molecular formula is C14H20N4O2S. The number of nitrogens with two attached hydrogens (primary N) is 1. The molecule has 0 atom stereocenters. The lowest BCUT2D eigenvalue weighted by Gasteiger charge is -2.12. The number of aryl methyl sites for hydroxylation is 3. The number of sulfonamides is 1. The van der Waals surface area contributed by atoms with Gasteiger partial charge in [-0.25, -0.2) is 13.6 Å². The van der Waals surface area contributed by atoms with E-state index in [4.69, 9.17) is 5.14 Å². The maximum atomic E-state index is 11.5. The molecule has 114 valence electrons. The lowest BCUT2D eigenvalue weighted by Crippen LogP contribution is -2.20. The van der Waals surface area contributed by atoms with Gasteiger partial charge in [0.1, 0.15) is 5.82 Å². The number of hydrogen-bond donors (Lipinski definition) is 1. The molecule has 2 rings (SSSR count). The van der Waals surface area contributed by atoms with Crippen LogP contribution in [0.2, 0.25) is 0 Å². The van der Waals surface area contributed by atoms with Crippen LogP contribution in [0.1, 0.15) is 36.8 Å². The highest BCUT2D eigenvalue weighted by molar-refractivity contribution is 7.89. The van der Waals surface area contributed by atoms with Crippen LogP contribution in [0.25, 0.3) is 0 Å². The third kappa shape index (κ3) is 3.68. The van der Waals surface area contributed by atoms with Gasteiger partial charge >= 0.3 is 0 Å². The van der Waals surface area contributed by atoms with Crippen molar-refractivity contribution in [2.75, 3.05) is 0 Å². The summed E-state index contributed by atoms with van der Waals surface area (Å²) < 4.78 is 24.7. The van der Waals surface area contributed by atoms with Crippen molar-refractivity contribution in [2.24, 2.45) is 5.14 Å². The van der Waals surface area contributed by atoms with Crippen molar-refractivity contribution < 1.29 is 8.42 Å². The summed E-state index contributed by atoms with van der Waals surface area (Å²) in [7, 11) is -3.86. The third-order valence-corrected chi connectivity index (χ3v) is 4.05. The second-order valence-corrected chi connectivity index (χ2v) is 6.85. The molecule has 6 nitrogen and oxygen atoms in total. The zero-order chi connectivity index (χ0) is 15.6. The minimum absolute atomic E-state index is 0.0682. The van der Waals surface area contributed by atoms with Gasteiger partial charge in [-0.05, 0) is 32.8 Å². The summed E-state index contributed by atoms with van der Waals surface area (Å²) in [4.78, 5) is 0. The van der Waals surface area contributed by atoms with Crippen molar-refractivity contribution in [3.63, 3.8) is 0 Å². The molecule has 0 aliphatic carbocycles. The summed E-state index contributed by atoms with van der Waals surface area (Å²) in [5, 5.41) is 12.7. The molecule has 0 saturated heterocycles. The summed E-state index contributed by atoms with van der Waals surface area (Å²) in [5.41, 5.74) is 2.39. The highest BCUT2D eigenvalue weighted by atomic mass is 32.2. The Morgan fingerprint density at radius 1 is 1.14 bits per heavy atom. The van der Waals surface area contributed by atoms with Crippen molar-refractivity contribution >= 4 is 10.0 Å². The molecule has 1 heterocycles. The van der Waals surface area contributed by atoms with Crippen LogP contribution in [0.4, 0.5) is 0 Å². The molecule has 0 aliphatic rings. The highest BCUT2D eigenvalue weighted by Gasteiger charge is 2.22. The largest absolute Gasteiger partial charge is 0.298 e. The van der Waals surface area contributed by atoms with Gasteiger partial charge in [-0.3, -0.25) is 4.57 Å². The molecule has 0 fully saturated rings. The van der Waals surface area contributed by atoms with Gasteiger partial charge in [0.25, 0.3) is 15.2 Å². The van der Waals surface area contributed by atoms with Gasteiger partial charge in [0.05, 0.1) is 0 Å². The zero-order valence-electron chi connectivity index (χ0n) is 12.4.